The molecule has 0 fully saturated rings. The topological polar surface area (TPSA) is 34.1 Å². The first-order valence-corrected chi connectivity index (χ1v) is 7.67. The van der Waals surface area contributed by atoms with E-state index < -0.39 is 11.6 Å². The van der Waals surface area contributed by atoms with E-state index in [0.717, 1.165) is 19.3 Å². The van der Waals surface area contributed by atoms with Gasteiger partial charge in [0.25, 0.3) is 0 Å². The van der Waals surface area contributed by atoms with E-state index in [1.165, 1.54) is 19.3 Å². The minimum atomic E-state index is -0.547. The molecule has 0 aromatic rings. The van der Waals surface area contributed by atoms with E-state index in [1.54, 1.807) is 0 Å². The van der Waals surface area contributed by atoms with Gasteiger partial charge in [0.05, 0.1) is 5.03 Å². The fraction of sp³-hybridized carbons (Fsp3) is 0.571. The second-order valence-corrected chi connectivity index (χ2v) is 5.73. The van der Waals surface area contributed by atoms with Crippen LogP contribution in [0.4, 0.5) is 0 Å². The SMILES string of the molecule is CCCCCCCCC1=C(Cl)C(=O)C(Cl)=C(Cl)C1=O. The highest BCUT2D eigenvalue weighted by molar-refractivity contribution is 6.64. The van der Waals surface area contributed by atoms with Crippen LogP contribution in [0, 0.1) is 0 Å². The van der Waals surface area contributed by atoms with Crippen molar-refractivity contribution in [2.24, 2.45) is 0 Å². The molecule has 0 spiro atoms. The van der Waals surface area contributed by atoms with Crippen molar-refractivity contribution in [3.63, 3.8) is 0 Å². The Morgan fingerprint density at radius 3 is 1.89 bits per heavy atom. The number of rotatable bonds is 7. The van der Waals surface area contributed by atoms with Gasteiger partial charge in [-0.1, -0.05) is 73.8 Å². The average molecular weight is 324 g/mol. The minimum Gasteiger partial charge on any atom is -0.288 e. The lowest BCUT2D eigenvalue weighted by atomic mass is 9.97. The normalized spacial score (nSPS) is 16.6. The molecule has 5 heteroatoms. The second kappa shape index (κ2) is 8.08. The molecule has 0 saturated carbocycles. The Hall–Kier alpha value is -0.310. The number of unbranched alkanes of at least 4 members (excludes halogenated alkanes) is 5. The summed E-state index contributed by atoms with van der Waals surface area (Å²) < 4.78 is 0. The van der Waals surface area contributed by atoms with Gasteiger partial charge in [0, 0.05) is 5.57 Å². The summed E-state index contributed by atoms with van der Waals surface area (Å²) in [6.07, 6.45) is 7.08. The first kappa shape index (κ1) is 16.7. The molecule has 0 aliphatic heterocycles. The van der Waals surface area contributed by atoms with E-state index in [-0.39, 0.29) is 15.1 Å². The van der Waals surface area contributed by atoms with E-state index >= 15 is 0 Å². The van der Waals surface area contributed by atoms with Crippen LogP contribution in [0.3, 0.4) is 0 Å². The number of hydrogen-bond acceptors (Lipinski definition) is 2. The summed E-state index contributed by atoms with van der Waals surface area (Å²) in [6, 6.07) is 0. The molecule has 1 rings (SSSR count). The van der Waals surface area contributed by atoms with Gasteiger partial charge in [-0.2, -0.15) is 0 Å². The van der Waals surface area contributed by atoms with E-state index in [0.29, 0.717) is 12.0 Å². The quantitative estimate of drug-likeness (QED) is 0.484. The summed E-state index contributed by atoms with van der Waals surface area (Å²) in [6.45, 7) is 2.16. The van der Waals surface area contributed by atoms with Crippen molar-refractivity contribution in [3.05, 3.63) is 20.7 Å². The number of ketones is 2. The van der Waals surface area contributed by atoms with E-state index in [9.17, 15) is 9.59 Å². The van der Waals surface area contributed by atoms with Gasteiger partial charge >= 0.3 is 0 Å². The standard InChI is InChI=1S/C14H17Cl3O2/c1-2-3-4-5-6-7-8-9-10(15)14(19)12(17)11(16)13(9)18/h2-8H2,1H3. The van der Waals surface area contributed by atoms with Crippen molar-refractivity contribution in [1.29, 1.82) is 0 Å². The van der Waals surface area contributed by atoms with Crippen LogP contribution in [0.5, 0.6) is 0 Å². The first-order chi connectivity index (χ1) is 9.00. The Morgan fingerprint density at radius 1 is 0.737 bits per heavy atom. The Kier molecular flexibility index (Phi) is 7.12. The Bertz CT molecular complexity index is 436. The average Bonchev–Trinajstić information content (AvgIpc) is 2.41. The first-order valence-electron chi connectivity index (χ1n) is 6.54. The van der Waals surface area contributed by atoms with E-state index in [4.69, 9.17) is 34.8 Å². The van der Waals surface area contributed by atoms with E-state index in [2.05, 4.69) is 6.92 Å². The predicted octanol–water partition coefficient (Wildman–Crippen LogP) is 5.07. The molecule has 0 amide bonds. The summed E-state index contributed by atoms with van der Waals surface area (Å²) in [5, 5.41) is -0.562. The van der Waals surface area contributed by atoms with E-state index in [1.807, 2.05) is 0 Å². The highest BCUT2D eigenvalue weighted by Crippen LogP contribution is 2.33. The van der Waals surface area contributed by atoms with Gasteiger partial charge in [0.2, 0.25) is 11.6 Å². The monoisotopic (exact) mass is 322 g/mol. The summed E-state index contributed by atoms with van der Waals surface area (Å²) in [7, 11) is 0. The van der Waals surface area contributed by atoms with Gasteiger partial charge in [0.15, 0.2) is 0 Å². The molecule has 0 aromatic carbocycles. The largest absolute Gasteiger partial charge is 0.288 e. The molecule has 0 atom stereocenters. The molecule has 2 nitrogen and oxygen atoms in total. The molecule has 0 bridgehead atoms. The van der Waals surface area contributed by atoms with Crippen molar-refractivity contribution in [2.75, 3.05) is 0 Å². The fourth-order valence-corrected chi connectivity index (χ4v) is 2.67. The molecule has 106 valence electrons. The third-order valence-corrected chi connectivity index (χ3v) is 4.33. The molecule has 0 unspecified atom stereocenters. The molecule has 0 N–H and O–H groups in total. The molecular formula is C14H17Cl3O2. The highest BCUT2D eigenvalue weighted by Gasteiger charge is 2.31. The molecule has 1 aliphatic carbocycles. The van der Waals surface area contributed by atoms with Gasteiger partial charge in [-0.25, -0.2) is 0 Å². The van der Waals surface area contributed by atoms with Gasteiger partial charge < -0.3 is 0 Å². The molecular weight excluding hydrogens is 307 g/mol. The van der Waals surface area contributed by atoms with Crippen molar-refractivity contribution >= 4 is 46.4 Å². The molecule has 0 aromatic heterocycles. The predicted molar refractivity (Wildman–Crippen MR) is 79.6 cm³/mol. The van der Waals surface area contributed by atoms with Crippen LogP contribution in [0.2, 0.25) is 0 Å². The van der Waals surface area contributed by atoms with Crippen LogP contribution in [-0.2, 0) is 9.59 Å². The van der Waals surface area contributed by atoms with Crippen LogP contribution in [0.1, 0.15) is 51.9 Å². The molecule has 19 heavy (non-hydrogen) atoms. The number of carbonyl (C=O) groups excluding carboxylic acids is 2. The fourth-order valence-electron chi connectivity index (χ4n) is 1.97. The maximum atomic E-state index is 11.9. The second-order valence-electron chi connectivity index (χ2n) is 4.60. The summed E-state index contributed by atoms with van der Waals surface area (Å²) >= 11 is 17.3. The van der Waals surface area contributed by atoms with Crippen LogP contribution in [-0.4, -0.2) is 11.6 Å². The molecule has 1 aliphatic rings. The van der Waals surface area contributed by atoms with Crippen LogP contribution < -0.4 is 0 Å². The molecule has 0 saturated heterocycles. The number of Topliss-reactive ketones (excluding diaryl/α,β-unsaturated/α-hetero) is 2. The zero-order valence-corrected chi connectivity index (χ0v) is 13.2. The summed E-state index contributed by atoms with van der Waals surface area (Å²) in [5.41, 5.74) is 0.302. The maximum absolute atomic E-state index is 11.9. The van der Waals surface area contributed by atoms with Gasteiger partial charge in [-0.15, -0.1) is 0 Å². The Balaban J connectivity index is 2.53. The number of carbonyl (C=O) groups is 2. The number of allylic oxidation sites excluding steroid dienone is 4. The lowest BCUT2D eigenvalue weighted by Gasteiger charge is -2.14. The minimum absolute atomic E-state index is 0.0760. The zero-order chi connectivity index (χ0) is 14.4. The summed E-state index contributed by atoms with van der Waals surface area (Å²) in [4.78, 5) is 23.5. The zero-order valence-electron chi connectivity index (χ0n) is 10.9. The third kappa shape index (κ3) is 4.34. The number of halogens is 3. The van der Waals surface area contributed by atoms with Crippen molar-refractivity contribution in [2.45, 2.75) is 51.9 Å². The van der Waals surface area contributed by atoms with Crippen molar-refractivity contribution in [3.8, 4) is 0 Å². The van der Waals surface area contributed by atoms with Gasteiger partial charge in [-0.05, 0) is 12.8 Å². The Labute approximate surface area is 128 Å². The molecule has 0 radical (unpaired) electrons. The van der Waals surface area contributed by atoms with Crippen LogP contribution in [0.15, 0.2) is 20.7 Å². The van der Waals surface area contributed by atoms with Crippen molar-refractivity contribution < 1.29 is 9.59 Å². The maximum Gasteiger partial charge on any atom is 0.217 e. The third-order valence-electron chi connectivity index (χ3n) is 3.11. The van der Waals surface area contributed by atoms with Gasteiger partial charge in [-0.3, -0.25) is 9.59 Å². The smallest absolute Gasteiger partial charge is 0.217 e. The van der Waals surface area contributed by atoms with Crippen LogP contribution in [0.25, 0.3) is 0 Å². The lowest BCUT2D eigenvalue weighted by molar-refractivity contribution is -0.115. The lowest BCUT2D eigenvalue weighted by Crippen LogP contribution is -2.17. The Morgan fingerprint density at radius 2 is 1.26 bits per heavy atom. The van der Waals surface area contributed by atoms with Crippen LogP contribution >= 0.6 is 34.8 Å². The molecule has 0 heterocycles. The number of hydrogen-bond donors (Lipinski definition) is 0. The van der Waals surface area contributed by atoms with Gasteiger partial charge in [0.1, 0.15) is 10.1 Å². The summed E-state index contributed by atoms with van der Waals surface area (Å²) in [5.74, 6) is -0.959. The highest BCUT2D eigenvalue weighted by atomic mass is 35.5. The van der Waals surface area contributed by atoms with Crippen molar-refractivity contribution in [1.82, 2.24) is 0 Å².